The lowest BCUT2D eigenvalue weighted by molar-refractivity contribution is 0.882. The van der Waals surface area contributed by atoms with E-state index in [1.807, 2.05) is 24.4 Å². The van der Waals surface area contributed by atoms with E-state index < -0.39 is 0 Å². The third-order valence-corrected chi connectivity index (χ3v) is 3.21. The summed E-state index contributed by atoms with van der Waals surface area (Å²) in [6, 6.07) is 8.02. The molecule has 19 heavy (non-hydrogen) atoms. The molecule has 0 aliphatic heterocycles. The molecule has 1 aliphatic carbocycles. The van der Waals surface area contributed by atoms with E-state index in [1.54, 1.807) is 0 Å². The Bertz CT molecular complexity index is 549. The number of anilines is 1. The summed E-state index contributed by atoms with van der Waals surface area (Å²) in [5.74, 6) is 2.44. The monoisotopic (exact) mass is 254 g/mol. The smallest absolute Gasteiger partial charge is 0.136 e. The summed E-state index contributed by atoms with van der Waals surface area (Å²) in [6.45, 7) is 2.96. The molecule has 0 radical (unpaired) electrons. The Morgan fingerprint density at radius 3 is 2.84 bits per heavy atom. The maximum Gasteiger partial charge on any atom is 0.136 e. The first-order valence-electron chi connectivity index (χ1n) is 6.87. The van der Waals surface area contributed by atoms with E-state index in [4.69, 9.17) is 0 Å². The first kappa shape index (κ1) is 12.1. The molecule has 2 heterocycles. The van der Waals surface area contributed by atoms with Crippen LogP contribution < -0.4 is 5.32 Å². The third-order valence-electron chi connectivity index (χ3n) is 3.21. The molecule has 98 valence electrons. The summed E-state index contributed by atoms with van der Waals surface area (Å²) in [4.78, 5) is 13.6. The van der Waals surface area contributed by atoms with Crippen LogP contribution in [0.1, 0.15) is 42.9 Å². The Balaban J connectivity index is 1.86. The van der Waals surface area contributed by atoms with Crippen molar-refractivity contribution in [3.63, 3.8) is 0 Å². The van der Waals surface area contributed by atoms with E-state index in [-0.39, 0.29) is 0 Å². The van der Waals surface area contributed by atoms with Gasteiger partial charge in [-0.25, -0.2) is 9.97 Å². The molecule has 3 rings (SSSR count). The van der Waals surface area contributed by atoms with Gasteiger partial charge in [-0.15, -0.1) is 0 Å². The van der Waals surface area contributed by atoms with Crippen molar-refractivity contribution in [1.29, 1.82) is 0 Å². The first-order valence-corrected chi connectivity index (χ1v) is 6.87. The van der Waals surface area contributed by atoms with Crippen LogP contribution in [-0.4, -0.2) is 21.5 Å². The molecule has 2 aromatic rings. The van der Waals surface area contributed by atoms with Gasteiger partial charge in [-0.2, -0.15) is 0 Å². The first-order chi connectivity index (χ1) is 9.35. The van der Waals surface area contributed by atoms with Crippen molar-refractivity contribution < 1.29 is 0 Å². The molecule has 1 fully saturated rings. The van der Waals surface area contributed by atoms with Crippen molar-refractivity contribution in [2.45, 2.75) is 32.1 Å². The van der Waals surface area contributed by atoms with Crippen molar-refractivity contribution in [3.8, 4) is 0 Å². The Morgan fingerprint density at radius 2 is 2.16 bits per heavy atom. The fourth-order valence-electron chi connectivity index (χ4n) is 2.12. The van der Waals surface area contributed by atoms with Crippen LogP contribution in [0.25, 0.3) is 0 Å². The molecule has 2 aromatic heterocycles. The second-order valence-corrected chi connectivity index (χ2v) is 4.90. The summed E-state index contributed by atoms with van der Waals surface area (Å²) in [7, 11) is 0. The molecule has 0 aromatic carbocycles. The van der Waals surface area contributed by atoms with Gasteiger partial charge in [0.05, 0.1) is 6.42 Å². The van der Waals surface area contributed by atoms with Crippen LogP contribution in [0.15, 0.2) is 30.5 Å². The van der Waals surface area contributed by atoms with Crippen LogP contribution in [-0.2, 0) is 6.42 Å². The van der Waals surface area contributed by atoms with E-state index in [0.717, 1.165) is 23.9 Å². The van der Waals surface area contributed by atoms with Gasteiger partial charge in [0.2, 0.25) is 0 Å². The average Bonchev–Trinajstić information content (AvgIpc) is 3.24. The molecule has 0 spiro atoms. The van der Waals surface area contributed by atoms with Gasteiger partial charge in [-0.1, -0.05) is 6.07 Å². The van der Waals surface area contributed by atoms with E-state index in [1.165, 1.54) is 18.5 Å². The maximum absolute atomic E-state index is 4.68. The largest absolute Gasteiger partial charge is 0.370 e. The van der Waals surface area contributed by atoms with Gasteiger partial charge < -0.3 is 5.32 Å². The Labute approximate surface area is 113 Å². The number of hydrogen-bond acceptors (Lipinski definition) is 4. The number of aromatic nitrogens is 3. The minimum absolute atomic E-state index is 0.642. The molecule has 4 heteroatoms. The standard InChI is InChI=1S/C15H18N4/c1-2-16-14-10-13(11-6-7-11)18-15(19-14)9-12-5-3-4-8-17-12/h3-5,8,10-11H,2,6-7,9H2,1H3,(H,16,18,19). The van der Waals surface area contributed by atoms with Crippen LogP contribution in [0.5, 0.6) is 0 Å². The van der Waals surface area contributed by atoms with Gasteiger partial charge in [0.15, 0.2) is 0 Å². The molecule has 1 saturated carbocycles. The summed E-state index contributed by atoms with van der Waals surface area (Å²) in [6.07, 6.45) is 5.02. The maximum atomic E-state index is 4.68. The van der Waals surface area contributed by atoms with Crippen molar-refractivity contribution in [2.75, 3.05) is 11.9 Å². The van der Waals surface area contributed by atoms with E-state index in [2.05, 4.69) is 33.3 Å². The quantitative estimate of drug-likeness (QED) is 0.891. The van der Waals surface area contributed by atoms with E-state index in [0.29, 0.717) is 12.3 Å². The highest BCUT2D eigenvalue weighted by molar-refractivity contribution is 5.38. The molecular formula is C15H18N4. The van der Waals surface area contributed by atoms with Gasteiger partial charge in [0.1, 0.15) is 11.6 Å². The second-order valence-electron chi connectivity index (χ2n) is 4.90. The van der Waals surface area contributed by atoms with Crippen LogP contribution >= 0.6 is 0 Å². The lowest BCUT2D eigenvalue weighted by atomic mass is 10.2. The minimum Gasteiger partial charge on any atom is -0.370 e. The normalized spacial score (nSPS) is 14.4. The number of rotatable bonds is 5. The zero-order valence-electron chi connectivity index (χ0n) is 11.1. The van der Waals surface area contributed by atoms with Gasteiger partial charge >= 0.3 is 0 Å². The van der Waals surface area contributed by atoms with Crippen LogP contribution in [0.2, 0.25) is 0 Å². The van der Waals surface area contributed by atoms with Crippen LogP contribution in [0.4, 0.5) is 5.82 Å². The Hall–Kier alpha value is -1.97. The Morgan fingerprint density at radius 1 is 1.26 bits per heavy atom. The topological polar surface area (TPSA) is 50.7 Å². The molecule has 4 nitrogen and oxygen atoms in total. The Kier molecular flexibility index (Phi) is 3.40. The molecule has 0 saturated heterocycles. The lowest BCUT2D eigenvalue weighted by Crippen LogP contribution is -2.06. The number of hydrogen-bond donors (Lipinski definition) is 1. The highest BCUT2D eigenvalue weighted by Crippen LogP contribution is 2.39. The van der Waals surface area contributed by atoms with Crippen molar-refractivity contribution in [1.82, 2.24) is 15.0 Å². The van der Waals surface area contributed by atoms with Crippen molar-refractivity contribution in [2.24, 2.45) is 0 Å². The fraction of sp³-hybridized carbons (Fsp3) is 0.400. The molecule has 0 unspecified atom stereocenters. The molecule has 1 N–H and O–H groups in total. The summed E-state index contributed by atoms with van der Waals surface area (Å²) in [5.41, 5.74) is 2.19. The summed E-state index contributed by atoms with van der Waals surface area (Å²) in [5, 5.41) is 3.29. The van der Waals surface area contributed by atoms with Crippen molar-refractivity contribution in [3.05, 3.63) is 47.7 Å². The van der Waals surface area contributed by atoms with Gasteiger partial charge in [-0.3, -0.25) is 4.98 Å². The fourth-order valence-corrected chi connectivity index (χ4v) is 2.12. The summed E-state index contributed by atoms with van der Waals surface area (Å²) >= 11 is 0. The average molecular weight is 254 g/mol. The molecule has 0 amide bonds. The highest BCUT2D eigenvalue weighted by Gasteiger charge is 2.26. The highest BCUT2D eigenvalue weighted by atomic mass is 15.0. The molecule has 0 atom stereocenters. The van der Waals surface area contributed by atoms with Crippen molar-refractivity contribution >= 4 is 5.82 Å². The number of nitrogens with zero attached hydrogens (tertiary/aromatic N) is 3. The number of nitrogens with one attached hydrogen (secondary N) is 1. The number of pyridine rings is 1. The molecule has 1 aliphatic rings. The van der Waals surface area contributed by atoms with E-state index >= 15 is 0 Å². The van der Waals surface area contributed by atoms with Gasteiger partial charge in [-0.05, 0) is 31.9 Å². The van der Waals surface area contributed by atoms with Crippen LogP contribution in [0.3, 0.4) is 0 Å². The lowest BCUT2D eigenvalue weighted by Gasteiger charge is -2.08. The molecule has 0 bridgehead atoms. The van der Waals surface area contributed by atoms with Gasteiger partial charge in [0, 0.05) is 36.1 Å². The molecular weight excluding hydrogens is 236 g/mol. The van der Waals surface area contributed by atoms with Gasteiger partial charge in [0.25, 0.3) is 0 Å². The zero-order chi connectivity index (χ0) is 13.1. The van der Waals surface area contributed by atoms with Crippen LogP contribution in [0, 0.1) is 0 Å². The van der Waals surface area contributed by atoms with E-state index in [9.17, 15) is 0 Å². The zero-order valence-corrected chi connectivity index (χ0v) is 11.1. The predicted molar refractivity (Wildman–Crippen MR) is 75.2 cm³/mol. The SMILES string of the molecule is CCNc1cc(C2CC2)nc(Cc2ccccn2)n1. The predicted octanol–water partition coefficient (Wildman–Crippen LogP) is 2.77. The minimum atomic E-state index is 0.642. The summed E-state index contributed by atoms with van der Waals surface area (Å²) < 4.78 is 0. The second kappa shape index (κ2) is 5.34. The third kappa shape index (κ3) is 3.08.